The molecule has 0 aliphatic carbocycles. The van der Waals surface area contributed by atoms with Crippen molar-refractivity contribution in [3.63, 3.8) is 0 Å². The summed E-state index contributed by atoms with van der Waals surface area (Å²) in [6.07, 6.45) is 4.04. The normalized spacial score (nSPS) is 10.9. The van der Waals surface area contributed by atoms with E-state index in [1.165, 1.54) is 22.8 Å². The minimum Gasteiger partial charge on any atom is -0.358 e. The molecular weight excluding hydrogens is 327 g/mol. The maximum atomic E-state index is 13.0. The average molecular weight is 336 g/mol. The van der Waals surface area contributed by atoms with E-state index < -0.39 is 10.7 Å². The Morgan fingerprint density at radius 3 is 2.64 bits per heavy atom. The summed E-state index contributed by atoms with van der Waals surface area (Å²) in [7, 11) is 0. The van der Waals surface area contributed by atoms with Gasteiger partial charge in [-0.1, -0.05) is 0 Å². The minimum atomic E-state index is -0.555. The number of rotatable bonds is 3. The Kier molecular flexibility index (Phi) is 3.38. The molecule has 0 aromatic carbocycles. The Morgan fingerprint density at radius 1 is 1.04 bits per heavy atom. The van der Waals surface area contributed by atoms with Crippen LogP contribution in [0.3, 0.4) is 0 Å². The highest BCUT2D eigenvalue weighted by molar-refractivity contribution is 5.70. The number of fused-ring (bicyclic) bond motifs is 1. The lowest BCUT2D eigenvalue weighted by Crippen LogP contribution is -1.95. The van der Waals surface area contributed by atoms with Crippen molar-refractivity contribution in [2.24, 2.45) is 0 Å². The highest BCUT2D eigenvalue weighted by Crippen LogP contribution is 2.27. The number of pyridine rings is 2. The maximum Gasteiger partial charge on any atom is 0.372 e. The van der Waals surface area contributed by atoms with Crippen molar-refractivity contribution in [2.75, 3.05) is 0 Å². The van der Waals surface area contributed by atoms with Gasteiger partial charge in [-0.3, -0.25) is 4.98 Å². The molecule has 0 spiro atoms. The van der Waals surface area contributed by atoms with Crippen LogP contribution in [0.4, 0.5) is 10.2 Å². The molecule has 4 rings (SSSR count). The summed E-state index contributed by atoms with van der Waals surface area (Å²) in [4.78, 5) is 22.7. The van der Waals surface area contributed by atoms with Crippen LogP contribution >= 0.6 is 0 Å². The first-order chi connectivity index (χ1) is 12.1. The van der Waals surface area contributed by atoms with Gasteiger partial charge in [-0.15, -0.1) is 0 Å². The van der Waals surface area contributed by atoms with E-state index in [1.54, 1.807) is 30.5 Å². The second-order valence-corrected chi connectivity index (χ2v) is 5.14. The molecule has 4 aromatic heterocycles. The molecule has 9 heteroatoms. The predicted molar refractivity (Wildman–Crippen MR) is 86.1 cm³/mol. The second kappa shape index (κ2) is 5.71. The molecule has 0 amide bonds. The first-order valence-corrected chi connectivity index (χ1v) is 7.20. The lowest BCUT2D eigenvalue weighted by Gasteiger charge is -2.00. The second-order valence-electron chi connectivity index (χ2n) is 5.14. The zero-order valence-corrected chi connectivity index (χ0v) is 12.6. The molecule has 0 aliphatic heterocycles. The van der Waals surface area contributed by atoms with Gasteiger partial charge in [-0.25, -0.2) is 13.9 Å². The smallest absolute Gasteiger partial charge is 0.358 e. The van der Waals surface area contributed by atoms with E-state index in [4.69, 9.17) is 0 Å². The molecule has 0 aliphatic rings. The molecule has 0 radical (unpaired) electrons. The number of aromatic nitrogens is 5. The van der Waals surface area contributed by atoms with Crippen LogP contribution in [0.1, 0.15) is 0 Å². The Bertz CT molecular complexity index is 1090. The largest absolute Gasteiger partial charge is 0.372 e. The molecule has 4 aromatic rings. The van der Waals surface area contributed by atoms with Gasteiger partial charge in [0.2, 0.25) is 0 Å². The van der Waals surface area contributed by atoms with Crippen LogP contribution in [0.5, 0.6) is 0 Å². The van der Waals surface area contributed by atoms with E-state index in [-0.39, 0.29) is 5.82 Å². The summed E-state index contributed by atoms with van der Waals surface area (Å²) in [6.45, 7) is 0. The van der Waals surface area contributed by atoms with Crippen LogP contribution in [-0.2, 0) is 0 Å². The molecule has 0 N–H and O–H groups in total. The van der Waals surface area contributed by atoms with Crippen LogP contribution < -0.4 is 0 Å². The van der Waals surface area contributed by atoms with Crippen molar-refractivity contribution >= 4 is 11.5 Å². The number of imidazole rings is 1. The first-order valence-electron chi connectivity index (χ1n) is 7.20. The van der Waals surface area contributed by atoms with Crippen molar-refractivity contribution < 1.29 is 9.31 Å². The van der Waals surface area contributed by atoms with Crippen molar-refractivity contribution in [1.82, 2.24) is 24.6 Å². The Morgan fingerprint density at radius 2 is 1.88 bits per heavy atom. The summed E-state index contributed by atoms with van der Waals surface area (Å²) in [6, 6.07) is 9.41. The van der Waals surface area contributed by atoms with Crippen molar-refractivity contribution in [3.05, 3.63) is 70.9 Å². The van der Waals surface area contributed by atoms with Gasteiger partial charge in [-0.05, 0) is 46.3 Å². The SMILES string of the molecule is O=[N+]([O-])c1ncccc1-c1cn2nc(-c3ccc(F)cn3)ccc2n1. The van der Waals surface area contributed by atoms with Gasteiger partial charge in [0.1, 0.15) is 17.7 Å². The average Bonchev–Trinajstić information content (AvgIpc) is 3.05. The monoisotopic (exact) mass is 336 g/mol. The molecule has 122 valence electrons. The van der Waals surface area contributed by atoms with Crippen LogP contribution in [0.25, 0.3) is 28.3 Å². The number of nitrogens with zero attached hydrogens (tertiary/aromatic N) is 6. The topological polar surface area (TPSA) is 99.1 Å². The van der Waals surface area contributed by atoms with E-state index in [0.717, 1.165) is 6.20 Å². The molecule has 25 heavy (non-hydrogen) atoms. The highest BCUT2D eigenvalue weighted by atomic mass is 19.1. The molecule has 0 bridgehead atoms. The van der Waals surface area contributed by atoms with Gasteiger partial charge in [0.05, 0.1) is 29.3 Å². The fraction of sp³-hybridized carbons (Fsp3) is 0. The molecule has 0 unspecified atom stereocenters. The molecule has 0 atom stereocenters. The van der Waals surface area contributed by atoms with Gasteiger partial charge in [0, 0.05) is 0 Å². The van der Waals surface area contributed by atoms with Crippen molar-refractivity contribution in [2.45, 2.75) is 0 Å². The van der Waals surface area contributed by atoms with Crippen molar-refractivity contribution in [3.8, 4) is 22.6 Å². The minimum absolute atomic E-state index is 0.272. The highest BCUT2D eigenvalue weighted by Gasteiger charge is 2.18. The maximum absolute atomic E-state index is 13.0. The zero-order chi connectivity index (χ0) is 17.4. The Labute approximate surface area is 139 Å². The van der Waals surface area contributed by atoms with E-state index >= 15 is 0 Å². The van der Waals surface area contributed by atoms with Crippen LogP contribution in [-0.4, -0.2) is 29.5 Å². The molecule has 0 saturated heterocycles. The van der Waals surface area contributed by atoms with Gasteiger partial charge >= 0.3 is 5.82 Å². The van der Waals surface area contributed by atoms with E-state index in [0.29, 0.717) is 28.3 Å². The lowest BCUT2D eigenvalue weighted by atomic mass is 10.2. The predicted octanol–water partition coefficient (Wildman–Crippen LogP) is 2.90. The Balaban J connectivity index is 1.81. The van der Waals surface area contributed by atoms with E-state index in [2.05, 4.69) is 20.1 Å². The summed E-state index contributed by atoms with van der Waals surface area (Å²) in [5, 5.41) is 15.5. The molecule has 8 nitrogen and oxygen atoms in total. The fourth-order valence-electron chi connectivity index (χ4n) is 2.42. The van der Waals surface area contributed by atoms with Gasteiger partial charge in [0.15, 0.2) is 5.65 Å². The zero-order valence-electron chi connectivity index (χ0n) is 12.6. The van der Waals surface area contributed by atoms with Crippen LogP contribution in [0, 0.1) is 15.9 Å². The van der Waals surface area contributed by atoms with Crippen LogP contribution in [0.15, 0.2) is 55.0 Å². The number of hydrogen-bond donors (Lipinski definition) is 0. The quantitative estimate of drug-likeness (QED) is 0.421. The fourth-order valence-corrected chi connectivity index (χ4v) is 2.42. The van der Waals surface area contributed by atoms with Gasteiger partial charge in [-0.2, -0.15) is 5.10 Å². The molecule has 4 heterocycles. The number of hydrogen-bond acceptors (Lipinski definition) is 6. The number of halogens is 1. The summed E-state index contributed by atoms with van der Waals surface area (Å²) in [5.41, 5.74) is 2.23. The lowest BCUT2D eigenvalue weighted by molar-refractivity contribution is -0.388. The molecular formula is C16H9FN6O2. The van der Waals surface area contributed by atoms with E-state index in [1.807, 2.05) is 0 Å². The Hall–Kier alpha value is -3.75. The van der Waals surface area contributed by atoms with Gasteiger partial charge < -0.3 is 10.1 Å². The molecule has 0 saturated carbocycles. The third kappa shape index (κ3) is 2.67. The third-order valence-electron chi connectivity index (χ3n) is 3.55. The van der Waals surface area contributed by atoms with Gasteiger partial charge in [0.25, 0.3) is 0 Å². The summed E-state index contributed by atoms with van der Waals surface area (Å²) < 4.78 is 14.5. The first kappa shape index (κ1) is 14.8. The molecule has 0 fully saturated rings. The third-order valence-corrected chi connectivity index (χ3v) is 3.55. The number of nitro groups is 1. The van der Waals surface area contributed by atoms with Crippen LogP contribution in [0.2, 0.25) is 0 Å². The van der Waals surface area contributed by atoms with Crippen molar-refractivity contribution in [1.29, 1.82) is 0 Å². The summed E-state index contributed by atoms with van der Waals surface area (Å²) in [5.74, 6) is -0.704. The van der Waals surface area contributed by atoms with E-state index in [9.17, 15) is 14.5 Å². The standard InChI is InChI=1S/C16H9FN6O2/c17-10-3-4-12(19-8-10)13-5-6-15-20-14(9-22(15)21-13)11-2-1-7-18-16(11)23(24)25/h1-9H. The summed E-state index contributed by atoms with van der Waals surface area (Å²) >= 11 is 0.